The number of nitrogens with one attached hydrogen (secondary N) is 1. The van der Waals surface area contributed by atoms with Gasteiger partial charge in [0.15, 0.2) is 0 Å². The average Bonchev–Trinajstić information content (AvgIpc) is 2.32. The highest BCUT2D eigenvalue weighted by Gasteiger charge is 2.10. The van der Waals surface area contributed by atoms with Gasteiger partial charge in [-0.1, -0.05) is 26.0 Å². The summed E-state index contributed by atoms with van der Waals surface area (Å²) >= 11 is 3.05. The van der Waals surface area contributed by atoms with E-state index in [1.54, 1.807) is 6.08 Å². The second kappa shape index (κ2) is 7.64. The smallest absolute Gasteiger partial charge is 0.143 e. The van der Waals surface area contributed by atoms with Gasteiger partial charge in [-0.15, -0.1) is 0 Å². The molecule has 1 nitrogen and oxygen atoms in total. The van der Waals surface area contributed by atoms with Crippen molar-refractivity contribution in [2.75, 3.05) is 6.54 Å². The Morgan fingerprint density at radius 3 is 2.67 bits per heavy atom. The molecule has 0 aliphatic heterocycles. The predicted molar refractivity (Wildman–Crippen MR) is 74.7 cm³/mol. The average molecular weight is 318 g/mol. The van der Waals surface area contributed by atoms with E-state index in [2.05, 4.69) is 35.1 Å². The van der Waals surface area contributed by atoms with Crippen molar-refractivity contribution in [3.8, 4) is 0 Å². The minimum atomic E-state index is -0.514. The minimum absolute atomic E-state index is 0.109. The molecule has 1 aromatic rings. The number of hydrogen-bond donors (Lipinski definition) is 1. The highest BCUT2D eigenvalue weighted by Crippen LogP contribution is 2.22. The summed E-state index contributed by atoms with van der Waals surface area (Å²) in [7, 11) is 0. The van der Waals surface area contributed by atoms with Gasteiger partial charge < -0.3 is 5.32 Å². The van der Waals surface area contributed by atoms with Crippen LogP contribution in [0.3, 0.4) is 0 Å². The number of hydrogen-bond acceptors (Lipinski definition) is 1. The van der Waals surface area contributed by atoms with Crippen LogP contribution < -0.4 is 5.32 Å². The second-order valence-corrected chi connectivity index (χ2v) is 5.25. The van der Waals surface area contributed by atoms with E-state index in [4.69, 9.17) is 0 Å². The Labute approximate surface area is 115 Å². The zero-order valence-electron chi connectivity index (χ0n) is 10.6. The number of halogens is 3. The zero-order valence-corrected chi connectivity index (χ0v) is 12.2. The SMILES string of the molecule is CC(C)NCC/C=C/Cc1c(F)ccc(Br)c1F. The topological polar surface area (TPSA) is 12.0 Å². The van der Waals surface area contributed by atoms with Gasteiger partial charge in [-0.3, -0.25) is 0 Å². The van der Waals surface area contributed by atoms with Crippen LogP contribution in [0.25, 0.3) is 0 Å². The summed E-state index contributed by atoms with van der Waals surface area (Å²) in [5, 5.41) is 3.27. The summed E-state index contributed by atoms with van der Waals surface area (Å²) in [6.45, 7) is 5.03. The maximum Gasteiger partial charge on any atom is 0.143 e. The monoisotopic (exact) mass is 317 g/mol. The van der Waals surface area contributed by atoms with Crippen LogP contribution in [0.4, 0.5) is 8.78 Å². The van der Waals surface area contributed by atoms with Crippen molar-refractivity contribution in [2.45, 2.75) is 32.7 Å². The molecule has 0 atom stereocenters. The van der Waals surface area contributed by atoms with Crippen LogP contribution >= 0.6 is 15.9 Å². The second-order valence-electron chi connectivity index (χ2n) is 4.39. The fourth-order valence-electron chi connectivity index (χ4n) is 1.53. The molecule has 0 aliphatic carbocycles. The Morgan fingerprint density at radius 1 is 1.28 bits per heavy atom. The highest BCUT2D eigenvalue weighted by atomic mass is 79.9. The molecule has 1 aromatic carbocycles. The summed E-state index contributed by atoms with van der Waals surface area (Å²) < 4.78 is 27.3. The Morgan fingerprint density at radius 2 is 2.00 bits per heavy atom. The molecule has 0 amide bonds. The number of benzene rings is 1. The van der Waals surface area contributed by atoms with Crippen molar-refractivity contribution in [2.24, 2.45) is 0 Å². The molecule has 0 saturated heterocycles. The first-order valence-corrected chi connectivity index (χ1v) is 6.82. The van der Waals surface area contributed by atoms with Gasteiger partial charge in [-0.2, -0.15) is 0 Å². The molecule has 0 unspecified atom stereocenters. The van der Waals surface area contributed by atoms with Crippen LogP contribution in [-0.2, 0) is 6.42 Å². The molecular weight excluding hydrogens is 300 g/mol. The fourth-order valence-corrected chi connectivity index (χ4v) is 1.90. The molecule has 0 fully saturated rings. The minimum Gasteiger partial charge on any atom is -0.314 e. The Kier molecular flexibility index (Phi) is 6.50. The van der Waals surface area contributed by atoms with E-state index >= 15 is 0 Å². The van der Waals surface area contributed by atoms with Crippen LogP contribution in [0.1, 0.15) is 25.8 Å². The lowest BCUT2D eigenvalue weighted by Crippen LogP contribution is -2.23. The molecule has 4 heteroatoms. The van der Waals surface area contributed by atoms with Crippen molar-refractivity contribution in [3.63, 3.8) is 0 Å². The predicted octanol–water partition coefficient (Wildman–Crippen LogP) is 4.21. The molecule has 0 spiro atoms. The third-order valence-electron chi connectivity index (χ3n) is 2.49. The maximum atomic E-state index is 13.6. The van der Waals surface area contributed by atoms with Crippen molar-refractivity contribution >= 4 is 15.9 Å². The molecule has 100 valence electrons. The van der Waals surface area contributed by atoms with E-state index in [1.165, 1.54) is 12.1 Å². The molecular formula is C14H18BrF2N. The molecule has 0 aliphatic rings. The van der Waals surface area contributed by atoms with Gasteiger partial charge in [-0.25, -0.2) is 8.78 Å². The third kappa shape index (κ3) is 4.86. The summed E-state index contributed by atoms with van der Waals surface area (Å²) in [5.41, 5.74) is 0.109. The Hall–Kier alpha value is -0.740. The van der Waals surface area contributed by atoms with Gasteiger partial charge in [0.25, 0.3) is 0 Å². The van der Waals surface area contributed by atoms with Gasteiger partial charge in [-0.05, 0) is 47.4 Å². The van der Waals surface area contributed by atoms with Crippen LogP contribution in [0, 0.1) is 11.6 Å². The van der Waals surface area contributed by atoms with Crippen LogP contribution in [0.15, 0.2) is 28.8 Å². The molecule has 0 radical (unpaired) electrons. The quantitative estimate of drug-likeness (QED) is 0.470. The van der Waals surface area contributed by atoms with E-state index in [9.17, 15) is 8.78 Å². The molecule has 18 heavy (non-hydrogen) atoms. The van der Waals surface area contributed by atoms with E-state index in [0.29, 0.717) is 10.5 Å². The van der Waals surface area contributed by atoms with Crippen LogP contribution in [0.2, 0.25) is 0 Å². The van der Waals surface area contributed by atoms with Gasteiger partial charge in [0.2, 0.25) is 0 Å². The van der Waals surface area contributed by atoms with Crippen molar-refractivity contribution in [3.05, 3.63) is 46.0 Å². The first kappa shape index (κ1) is 15.3. The summed E-state index contributed by atoms with van der Waals surface area (Å²) in [6.07, 6.45) is 4.87. The van der Waals surface area contributed by atoms with E-state index in [1.807, 2.05) is 6.08 Å². The summed E-state index contributed by atoms with van der Waals surface area (Å²) in [6, 6.07) is 3.11. The van der Waals surface area contributed by atoms with Crippen molar-refractivity contribution in [1.29, 1.82) is 0 Å². The summed E-state index contributed by atoms with van der Waals surface area (Å²) in [4.78, 5) is 0. The van der Waals surface area contributed by atoms with Crippen molar-refractivity contribution < 1.29 is 8.78 Å². The summed E-state index contributed by atoms with van der Waals surface area (Å²) in [5.74, 6) is -1.01. The fraction of sp³-hybridized carbons (Fsp3) is 0.429. The van der Waals surface area contributed by atoms with E-state index in [-0.39, 0.29) is 12.0 Å². The highest BCUT2D eigenvalue weighted by molar-refractivity contribution is 9.10. The lowest BCUT2D eigenvalue weighted by Gasteiger charge is -2.05. The lowest BCUT2D eigenvalue weighted by molar-refractivity contribution is 0.558. The van der Waals surface area contributed by atoms with Gasteiger partial charge in [0, 0.05) is 11.6 Å². The van der Waals surface area contributed by atoms with Gasteiger partial charge in [0.05, 0.1) is 4.47 Å². The molecule has 0 bridgehead atoms. The Bertz CT molecular complexity index is 417. The van der Waals surface area contributed by atoms with Crippen molar-refractivity contribution in [1.82, 2.24) is 5.32 Å². The first-order chi connectivity index (χ1) is 8.52. The van der Waals surface area contributed by atoms with Gasteiger partial charge in [0.1, 0.15) is 11.6 Å². The maximum absolute atomic E-state index is 13.6. The first-order valence-electron chi connectivity index (χ1n) is 6.03. The standard InChI is InChI=1S/C14H18BrF2N/c1-10(2)18-9-5-3-4-6-11-13(16)8-7-12(15)14(11)17/h3-4,7-8,10,18H,5-6,9H2,1-2H3/b4-3+. The lowest BCUT2D eigenvalue weighted by atomic mass is 10.1. The molecule has 0 heterocycles. The number of allylic oxidation sites excluding steroid dienone is 1. The molecule has 0 saturated carbocycles. The van der Waals surface area contributed by atoms with Crippen LogP contribution in [0.5, 0.6) is 0 Å². The molecule has 1 N–H and O–H groups in total. The number of rotatable bonds is 6. The molecule has 1 rings (SSSR count). The normalized spacial score (nSPS) is 11.7. The van der Waals surface area contributed by atoms with E-state index in [0.717, 1.165) is 13.0 Å². The Balaban J connectivity index is 2.48. The van der Waals surface area contributed by atoms with E-state index < -0.39 is 11.6 Å². The zero-order chi connectivity index (χ0) is 13.5. The van der Waals surface area contributed by atoms with Crippen LogP contribution in [-0.4, -0.2) is 12.6 Å². The third-order valence-corrected chi connectivity index (χ3v) is 3.10. The largest absolute Gasteiger partial charge is 0.314 e. The van der Waals surface area contributed by atoms with Gasteiger partial charge >= 0.3 is 0 Å². The molecule has 0 aromatic heterocycles.